The first kappa shape index (κ1) is 25.6. The molecule has 0 radical (unpaired) electrons. The fraction of sp³-hybridized carbons (Fsp3) is 0.300. The third-order valence-electron chi connectivity index (χ3n) is 5.34. The zero-order valence-corrected chi connectivity index (χ0v) is 18.6. The van der Waals surface area contributed by atoms with Crippen molar-refractivity contribution < 1.29 is 29.4 Å². The van der Waals surface area contributed by atoms with Crippen LogP contribution in [0.5, 0.6) is 0 Å². The molecule has 1 aliphatic heterocycles. The predicted octanol–water partition coefficient (Wildman–Crippen LogP) is -0.655. The number of nitrogens with two attached hydrogens (primary N) is 1. The summed E-state index contributed by atoms with van der Waals surface area (Å²) in [5.74, 6) is -3.35. The minimum Gasteiger partial charge on any atom is -0.481 e. The number of aromatic nitrogens is 2. The molecule has 0 saturated heterocycles. The maximum absolute atomic E-state index is 12.4. The molecule has 2 heterocycles. The highest BCUT2D eigenvalue weighted by Gasteiger charge is 2.32. The number of fused-ring (bicyclic) bond motifs is 1. The SMILES string of the molecule is Nc1nc2c(c(=O)[nH]1)N(C=O)[C@H](CN(N=O)c1ccc(C(=O)N[C@@H](CCC(=O)O)C(=O)O)cc1)CN2. The number of nitrogens with one attached hydrogen (secondary N) is 3. The quantitative estimate of drug-likeness (QED) is 0.127. The number of hydrogen-bond donors (Lipinski definition) is 6. The number of hydrogen-bond acceptors (Lipinski definition) is 10. The Morgan fingerprint density at radius 1 is 1.31 bits per heavy atom. The van der Waals surface area contributed by atoms with Gasteiger partial charge in [0.25, 0.3) is 11.5 Å². The minimum atomic E-state index is -1.40. The topological polar surface area (TPSA) is 240 Å². The lowest BCUT2D eigenvalue weighted by molar-refractivity contribution is -0.140. The van der Waals surface area contributed by atoms with E-state index >= 15 is 0 Å². The first-order chi connectivity index (χ1) is 17.1. The second kappa shape index (κ2) is 10.9. The summed E-state index contributed by atoms with van der Waals surface area (Å²) in [6.45, 7) is 0.00137. The maximum atomic E-state index is 12.4. The maximum Gasteiger partial charge on any atom is 0.326 e. The number of rotatable bonds is 11. The average Bonchev–Trinajstić information content (AvgIpc) is 2.84. The smallest absolute Gasteiger partial charge is 0.326 e. The van der Waals surface area contributed by atoms with Crippen LogP contribution in [0.25, 0.3) is 0 Å². The number of carboxylic acid groups (broad SMARTS) is 2. The average molecular weight is 502 g/mol. The number of aromatic amines is 1. The number of carbonyl (C=O) groups excluding carboxylic acids is 2. The van der Waals surface area contributed by atoms with Crippen LogP contribution < -0.4 is 31.8 Å². The zero-order chi connectivity index (χ0) is 26.4. The molecule has 0 saturated carbocycles. The molecule has 0 unspecified atom stereocenters. The van der Waals surface area contributed by atoms with Crippen LogP contribution in [0.15, 0.2) is 34.3 Å². The second-order valence-electron chi connectivity index (χ2n) is 7.70. The summed E-state index contributed by atoms with van der Waals surface area (Å²) in [5, 5.41) is 27.0. The van der Waals surface area contributed by atoms with E-state index in [9.17, 15) is 34.0 Å². The standard InChI is InChI=1S/C20H22N8O8/c21-20-24-16-15(18(33)25-20)27(9-29)12(7-22-16)8-28(26-36)11-3-1-10(2-4-11)17(32)23-13(19(34)35)5-6-14(30)31/h1-4,9,12-13H,5-8H2,(H,23,32)(H,30,31)(H,34,35)(H4,21,22,24,25,33)/t12-,13-/m0/s1. The number of benzene rings is 1. The summed E-state index contributed by atoms with van der Waals surface area (Å²) < 4.78 is 0. The van der Waals surface area contributed by atoms with Crippen LogP contribution in [-0.2, 0) is 14.4 Å². The number of anilines is 4. The van der Waals surface area contributed by atoms with Crippen LogP contribution in [0.3, 0.4) is 0 Å². The van der Waals surface area contributed by atoms with E-state index in [0.29, 0.717) is 6.41 Å². The van der Waals surface area contributed by atoms with E-state index < -0.39 is 41.9 Å². The van der Waals surface area contributed by atoms with Gasteiger partial charge in [0.2, 0.25) is 12.4 Å². The van der Waals surface area contributed by atoms with E-state index in [-0.39, 0.29) is 48.2 Å². The predicted molar refractivity (Wildman–Crippen MR) is 125 cm³/mol. The van der Waals surface area contributed by atoms with Crippen molar-refractivity contribution in [2.75, 3.05) is 34.0 Å². The summed E-state index contributed by atoms with van der Waals surface area (Å²) in [4.78, 5) is 77.4. The molecule has 16 heteroatoms. The Hall–Kier alpha value is -5.02. The largest absolute Gasteiger partial charge is 0.481 e. The Labute approximate surface area is 202 Å². The van der Waals surface area contributed by atoms with Gasteiger partial charge in [-0.15, -0.1) is 4.91 Å². The number of amides is 2. The van der Waals surface area contributed by atoms with Crippen LogP contribution in [0.1, 0.15) is 23.2 Å². The molecule has 190 valence electrons. The summed E-state index contributed by atoms with van der Waals surface area (Å²) in [5.41, 5.74) is 5.12. The lowest BCUT2D eigenvalue weighted by Crippen LogP contribution is -2.51. The van der Waals surface area contributed by atoms with Gasteiger partial charge in [0.15, 0.2) is 11.5 Å². The molecule has 0 spiro atoms. The van der Waals surface area contributed by atoms with Gasteiger partial charge >= 0.3 is 11.9 Å². The highest BCUT2D eigenvalue weighted by molar-refractivity contribution is 5.97. The Kier molecular flexibility index (Phi) is 7.78. The van der Waals surface area contributed by atoms with Crippen molar-refractivity contribution in [3.8, 4) is 0 Å². The number of carboxylic acids is 2. The van der Waals surface area contributed by atoms with Crippen molar-refractivity contribution in [1.82, 2.24) is 15.3 Å². The van der Waals surface area contributed by atoms with Crippen molar-refractivity contribution in [2.45, 2.75) is 24.9 Å². The van der Waals surface area contributed by atoms with Crippen molar-refractivity contribution in [2.24, 2.45) is 5.29 Å². The summed E-state index contributed by atoms with van der Waals surface area (Å²) >= 11 is 0. The third kappa shape index (κ3) is 5.72. The van der Waals surface area contributed by atoms with Gasteiger partial charge in [0, 0.05) is 18.5 Å². The molecule has 2 aromatic rings. The molecular weight excluding hydrogens is 480 g/mol. The van der Waals surface area contributed by atoms with Crippen molar-refractivity contribution in [1.29, 1.82) is 0 Å². The van der Waals surface area contributed by atoms with E-state index in [4.69, 9.17) is 10.8 Å². The van der Waals surface area contributed by atoms with Crippen LogP contribution in [0.2, 0.25) is 0 Å². The molecule has 0 aliphatic carbocycles. The van der Waals surface area contributed by atoms with E-state index in [1.54, 1.807) is 0 Å². The first-order valence-corrected chi connectivity index (χ1v) is 10.5. The van der Waals surface area contributed by atoms with Gasteiger partial charge in [0.1, 0.15) is 6.04 Å². The van der Waals surface area contributed by atoms with Gasteiger partial charge in [-0.3, -0.25) is 24.2 Å². The monoisotopic (exact) mass is 502 g/mol. The first-order valence-electron chi connectivity index (χ1n) is 10.5. The zero-order valence-electron chi connectivity index (χ0n) is 18.6. The molecule has 36 heavy (non-hydrogen) atoms. The van der Waals surface area contributed by atoms with E-state index in [0.717, 1.165) is 9.91 Å². The Morgan fingerprint density at radius 2 is 2.00 bits per heavy atom. The van der Waals surface area contributed by atoms with Crippen LogP contribution in [-0.4, -0.2) is 69.6 Å². The number of carbonyl (C=O) groups is 4. The fourth-order valence-electron chi connectivity index (χ4n) is 3.57. The molecule has 2 atom stereocenters. The lowest BCUT2D eigenvalue weighted by Gasteiger charge is -2.35. The lowest BCUT2D eigenvalue weighted by atomic mass is 10.1. The third-order valence-corrected chi connectivity index (χ3v) is 5.34. The molecule has 0 fully saturated rings. The number of nitrogens with zero attached hydrogens (tertiary/aromatic N) is 4. The van der Waals surface area contributed by atoms with Gasteiger partial charge < -0.3 is 31.5 Å². The normalized spacial score (nSPS) is 15.1. The van der Waals surface area contributed by atoms with Crippen molar-refractivity contribution in [3.63, 3.8) is 0 Å². The van der Waals surface area contributed by atoms with Crippen LogP contribution in [0, 0.1) is 4.91 Å². The van der Waals surface area contributed by atoms with Gasteiger partial charge in [0.05, 0.1) is 23.6 Å². The van der Waals surface area contributed by atoms with Crippen molar-refractivity contribution in [3.05, 3.63) is 45.1 Å². The molecule has 7 N–H and O–H groups in total. The number of nitrogen functional groups attached to an aromatic ring is 1. The number of nitroso groups, excluding NO2 is 1. The molecule has 3 rings (SSSR count). The van der Waals surface area contributed by atoms with Gasteiger partial charge in [-0.05, 0) is 30.7 Å². The molecular formula is C20H22N8O8. The Balaban J connectivity index is 1.72. The Morgan fingerprint density at radius 3 is 2.58 bits per heavy atom. The molecule has 1 aromatic heterocycles. The molecule has 2 amide bonds. The summed E-state index contributed by atoms with van der Waals surface area (Å²) in [6.07, 6.45) is -0.311. The van der Waals surface area contributed by atoms with Crippen molar-refractivity contribution >= 4 is 47.4 Å². The molecule has 16 nitrogen and oxygen atoms in total. The number of aliphatic carboxylic acids is 2. The summed E-state index contributed by atoms with van der Waals surface area (Å²) in [7, 11) is 0. The van der Waals surface area contributed by atoms with E-state index in [2.05, 4.69) is 25.9 Å². The summed E-state index contributed by atoms with van der Waals surface area (Å²) in [6, 6.07) is 3.31. The van der Waals surface area contributed by atoms with E-state index in [1.807, 2.05) is 0 Å². The Bertz CT molecular complexity index is 1230. The van der Waals surface area contributed by atoms with Gasteiger partial charge in [-0.1, -0.05) is 0 Å². The minimum absolute atomic E-state index is 0.0594. The van der Waals surface area contributed by atoms with Gasteiger partial charge in [-0.25, -0.2) is 9.80 Å². The fourth-order valence-corrected chi connectivity index (χ4v) is 3.57. The molecule has 1 aliphatic rings. The highest BCUT2D eigenvalue weighted by atomic mass is 16.4. The van der Waals surface area contributed by atoms with E-state index in [1.165, 1.54) is 24.3 Å². The van der Waals surface area contributed by atoms with Crippen LogP contribution >= 0.6 is 0 Å². The highest BCUT2D eigenvalue weighted by Crippen LogP contribution is 2.26. The molecule has 1 aromatic carbocycles. The number of H-pyrrole nitrogens is 1. The van der Waals surface area contributed by atoms with Crippen LogP contribution in [0.4, 0.5) is 23.1 Å². The molecule has 0 bridgehead atoms. The second-order valence-corrected chi connectivity index (χ2v) is 7.70. The van der Waals surface area contributed by atoms with Gasteiger partial charge in [-0.2, -0.15) is 4.98 Å².